The summed E-state index contributed by atoms with van der Waals surface area (Å²) in [6, 6.07) is 7.40. The number of nitrogens with zero attached hydrogens (tertiary/aromatic N) is 2. The first-order valence-electron chi connectivity index (χ1n) is 11.5. The molecule has 2 aliphatic carbocycles. The Bertz CT molecular complexity index is 915. The van der Waals surface area contributed by atoms with Crippen molar-refractivity contribution in [3.63, 3.8) is 0 Å². The maximum Gasteiger partial charge on any atom is 0.222 e. The lowest BCUT2D eigenvalue weighted by Crippen LogP contribution is -2.39. The SMILES string of the molecule is Cc1cc(C)cc(-n2ncc3c2CCCC3NC(=O)CC2NNC3CCCCC32)c1. The Hall–Kier alpha value is -2.18. The predicted octanol–water partition coefficient (Wildman–Crippen LogP) is 3.41. The second kappa shape index (κ2) is 8.16. The number of hydrogen-bond acceptors (Lipinski definition) is 4. The lowest BCUT2D eigenvalue weighted by atomic mass is 9.81. The first-order valence-corrected chi connectivity index (χ1v) is 11.5. The number of aryl methyl sites for hydroxylation is 2. The number of amides is 1. The highest BCUT2D eigenvalue weighted by Crippen LogP contribution is 2.33. The minimum atomic E-state index is 0.0671. The van der Waals surface area contributed by atoms with E-state index in [0.29, 0.717) is 18.4 Å². The van der Waals surface area contributed by atoms with E-state index < -0.39 is 0 Å². The van der Waals surface area contributed by atoms with Gasteiger partial charge in [0.05, 0.1) is 17.9 Å². The molecule has 6 heteroatoms. The Morgan fingerprint density at radius 1 is 1.10 bits per heavy atom. The fourth-order valence-corrected chi connectivity index (χ4v) is 5.80. The van der Waals surface area contributed by atoms with Crippen LogP contribution in [0.4, 0.5) is 0 Å². The van der Waals surface area contributed by atoms with Gasteiger partial charge >= 0.3 is 0 Å². The molecule has 1 aliphatic heterocycles. The minimum Gasteiger partial charge on any atom is -0.349 e. The minimum absolute atomic E-state index is 0.0671. The molecule has 1 aromatic heterocycles. The maximum absolute atomic E-state index is 12.9. The molecule has 4 atom stereocenters. The average Bonchev–Trinajstić information content (AvgIpc) is 3.32. The second-order valence-electron chi connectivity index (χ2n) is 9.47. The third-order valence-electron chi connectivity index (χ3n) is 7.16. The van der Waals surface area contributed by atoms with Gasteiger partial charge in [-0.2, -0.15) is 5.10 Å². The quantitative estimate of drug-likeness (QED) is 0.726. The van der Waals surface area contributed by atoms with Crippen molar-refractivity contribution >= 4 is 5.91 Å². The monoisotopic (exact) mass is 407 g/mol. The first kappa shape index (κ1) is 19.8. The van der Waals surface area contributed by atoms with Crippen LogP contribution in [0.2, 0.25) is 0 Å². The molecule has 160 valence electrons. The molecule has 3 N–H and O–H groups in total. The average molecular weight is 408 g/mol. The molecule has 0 spiro atoms. The molecule has 3 aliphatic rings. The zero-order valence-corrected chi connectivity index (χ0v) is 18.1. The van der Waals surface area contributed by atoms with Crippen molar-refractivity contribution in [3.8, 4) is 5.69 Å². The number of hydrazine groups is 1. The number of aromatic nitrogens is 2. The van der Waals surface area contributed by atoms with Crippen LogP contribution in [-0.2, 0) is 11.2 Å². The number of carbonyl (C=O) groups is 1. The molecular weight excluding hydrogens is 374 g/mol. The highest BCUT2D eigenvalue weighted by Gasteiger charge is 2.38. The molecule has 5 rings (SSSR count). The van der Waals surface area contributed by atoms with E-state index in [1.807, 2.05) is 6.20 Å². The number of hydrogen-bond donors (Lipinski definition) is 3. The van der Waals surface area contributed by atoms with Crippen molar-refractivity contribution in [2.24, 2.45) is 5.92 Å². The zero-order chi connectivity index (χ0) is 20.7. The van der Waals surface area contributed by atoms with E-state index in [-0.39, 0.29) is 18.0 Å². The molecule has 0 radical (unpaired) electrons. The maximum atomic E-state index is 12.9. The lowest BCUT2D eigenvalue weighted by molar-refractivity contribution is -0.122. The van der Waals surface area contributed by atoms with Crippen LogP contribution >= 0.6 is 0 Å². The Balaban J connectivity index is 1.29. The van der Waals surface area contributed by atoms with Gasteiger partial charge in [0.15, 0.2) is 0 Å². The smallest absolute Gasteiger partial charge is 0.222 e. The van der Waals surface area contributed by atoms with Crippen molar-refractivity contribution in [3.05, 3.63) is 46.8 Å². The van der Waals surface area contributed by atoms with Crippen molar-refractivity contribution in [2.45, 2.75) is 83.3 Å². The van der Waals surface area contributed by atoms with Gasteiger partial charge in [0, 0.05) is 29.8 Å². The molecule has 30 heavy (non-hydrogen) atoms. The topological polar surface area (TPSA) is 71.0 Å². The van der Waals surface area contributed by atoms with E-state index in [4.69, 9.17) is 5.10 Å². The summed E-state index contributed by atoms with van der Waals surface area (Å²) in [6.45, 7) is 4.25. The van der Waals surface area contributed by atoms with Crippen LogP contribution in [0.25, 0.3) is 5.69 Å². The van der Waals surface area contributed by atoms with Crippen LogP contribution in [0, 0.1) is 19.8 Å². The number of nitrogens with one attached hydrogen (secondary N) is 3. The molecule has 2 fully saturated rings. The fourth-order valence-electron chi connectivity index (χ4n) is 5.80. The molecule has 4 unspecified atom stereocenters. The van der Waals surface area contributed by atoms with Gasteiger partial charge in [-0.15, -0.1) is 0 Å². The van der Waals surface area contributed by atoms with Gasteiger partial charge in [-0.05, 0) is 75.1 Å². The summed E-state index contributed by atoms with van der Waals surface area (Å²) in [5.74, 6) is 0.733. The summed E-state index contributed by atoms with van der Waals surface area (Å²) in [4.78, 5) is 12.9. The van der Waals surface area contributed by atoms with E-state index in [9.17, 15) is 4.79 Å². The van der Waals surface area contributed by atoms with Crippen molar-refractivity contribution in [1.82, 2.24) is 25.9 Å². The van der Waals surface area contributed by atoms with Crippen LogP contribution in [0.5, 0.6) is 0 Å². The lowest BCUT2D eigenvalue weighted by Gasteiger charge is -2.28. The standard InChI is InChI=1S/C24H33N5O/c1-15-10-16(2)12-17(11-15)29-23-9-5-8-20(19(23)14-25-29)26-24(30)13-22-18-6-3-4-7-21(18)27-28-22/h10-12,14,18,20-22,27-28H,3-9,13H2,1-2H3,(H,26,30). The van der Waals surface area contributed by atoms with Gasteiger partial charge in [-0.1, -0.05) is 18.9 Å². The fraction of sp³-hybridized carbons (Fsp3) is 0.583. The molecule has 2 aromatic rings. The van der Waals surface area contributed by atoms with Gasteiger partial charge < -0.3 is 5.32 Å². The third kappa shape index (κ3) is 3.79. The summed E-state index contributed by atoms with van der Waals surface area (Å²) in [6.07, 6.45) is 10.6. The van der Waals surface area contributed by atoms with Crippen LogP contribution in [0.3, 0.4) is 0 Å². The molecule has 1 saturated carbocycles. The number of rotatable bonds is 4. The number of fused-ring (bicyclic) bond motifs is 2. The van der Waals surface area contributed by atoms with Crippen LogP contribution in [0.15, 0.2) is 24.4 Å². The van der Waals surface area contributed by atoms with Gasteiger partial charge in [-0.25, -0.2) is 4.68 Å². The normalized spacial score (nSPS) is 28.1. The second-order valence-corrected chi connectivity index (χ2v) is 9.47. The molecule has 1 saturated heterocycles. The largest absolute Gasteiger partial charge is 0.349 e. The highest BCUT2D eigenvalue weighted by atomic mass is 16.1. The molecule has 0 bridgehead atoms. The van der Waals surface area contributed by atoms with E-state index in [1.54, 1.807) is 0 Å². The number of carbonyl (C=O) groups excluding carboxylic acids is 1. The first-order chi connectivity index (χ1) is 14.6. The summed E-state index contributed by atoms with van der Waals surface area (Å²) in [5, 5.41) is 8.03. The van der Waals surface area contributed by atoms with Gasteiger partial charge in [0.1, 0.15) is 0 Å². The van der Waals surface area contributed by atoms with Crippen LogP contribution in [-0.4, -0.2) is 27.8 Å². The summed E-state index contributed by atoms with van der Waals surface area (Å²) < 4.78 is 2.07. The Morgan fingerprint density at radius 3 is 2.73 bits per heavy atom. The van der Waals surface area contributed by atoms with Gasteiger partial charge in [-0.3, -0.25) is 15.6 Å². The van der Waals surface area contributed by atoms with Crippen molar-refractivity contribution in [2.75, 3.05) is 0 Å². The summed E-state index contributed by atoms with van der Waals surface area (Å²) in [5.41, 5.74) is 12.8. The van der Waals surface area contributed by atoms with Crippen LogP contribution < -0.4 is 16.2 Å². The zero-order valence-electron chi connectivity index (χ0n) is 18.1. The predicted molar refractivity (Wildman–Crippen MR) is 117 cm³/mol. The number of benzene rings is 1. The van der Waals surface area contributed by atoms with Crippen molar-refractivity contribution in [1.29, 1.82) is 0 Å². The van der Waals surface area contributed by atoms with Crippen molar-refractivity contribution < 1.29 is 4.79 Å². The summed E-state index contributed by atoms with van der Waals surface area (Å²) >= 11 is 0. The Morgan fingerprint density at radius 2 is 1.90 bits per heavy atom. The third-order valence-corrected chi connectivity index (χ3v) is 7.16. The van der Waals surface area contributed by atoms with Gasteiger partial charge in [0.25, 0.3) is 0 Å². The molecule has 6 nitrogen and oxygen atoms in total. The summed E-state index contributed by atoms with van der Waals surface area (Å²) in [7, 11) is 0. The molecular formula is C24H33N5O. The molecule has 1 aromatic carbocycles. The van der Waals surface area contributed by atoms with E-state index >= 15 is 0 Å². The van der Waals surface area contributed by atoms with Gasteiger partial charge in [0.2, 0.25) is 5.91 Å². The molecule has 1 amide bonds. The molecule has 2 heterocycles. The highest BCUT2D eigenvalue weighted by molar-refractivity contribution is 5.77. The van der Waals surface area contributed by atoms with E-state index in [2.05, 4.69) is 52.9 Å². The Labute approximate surface area is 178 Å². The van der Waals surface area contributed by atoms with Crippen LogP contribution in [0.1, 0.15) is 73.4 Å². The Kier molecular flexibility index (Phi) is 5.37. The van der Waals surface area contributed by atoms with E-state index in [1.165, 1.54) is 48.1 Å². The van der Waals surface area contributed by atoms with E-state index in [0.717, 1.165) is 24.9 Å².